The number of fused-ring (bicyclic) bond motifs is 1. The molecular formula is C25H24ClN3O4. The number of ether oxygens (including phenoxy) is 2. The summed E-state index contributed by atoms with van der Waals surface area (Å²) in [6.45, 7) is 4.70. The number of hydrogen-bond acceptors (Lipinski definition) is 5. The fraction of sp³-hybridized carbons (Fsp3) is 0.240. The highest BCUT2D eigenvalue weighted by Crippen LogP contribution is 2.29. The Bertz CT molecular complexity index is 1250. The second kappa shape index (κ2) is 9.92. The van der Waals surface area contributed by atoms with Crippen molar-refractivity contribution >= 4 is 28.6 Å². The Morgan fingerprint density at radius 2 is 1.61 bits per heavy atom. The van der Waals surface area contributed by atoms with Gasteiger partial charge in [0.15, 0.2) is 0 Å². The van der Waals surface area contributed by atoms with Crippen molar-refractivity contribution in [2.45, 2.75) is 26.2 Å². The fourth-order valence-corrected chi connectivity index (χ4v) is 3.67. The molecule has 8 heteroatoms. The van der Waals surface area contributed by atoms with Gasteiger partial charge in [-0.1, -0.05) is 49.7 Å². The first-order valence-corrected chi connectivity index (χ1v) is 11.0. The average Bonchev–Trinajstić information content (AvgIpc) is 3.22. The van der Waals surface area contributed by atoms with Crippen LogP contribution in [0.15, 0.2) is 60.7 Å². The monoisotopic (exact) mass is 465 g/mol. The zero-order valence-electron chi connectivity index (χ0n) is 18.4. The standard InChI is InChI=1S/C25H24ClN3O4/c1-16(2)19-13-17(14-25(30)31)7-9-23(19)32-11-12-33-24-10-8-18(26)15-22(24)29-27-20-5-3-4-6-21(20)28-29/h3-10,13,15-16H,11-12,14H2,1-2H3,(H,30,31). The van der Waals surface area contributed by atoms with Crippen LogP contribution < -0.4 is 9.47 Å². The third-order valence-electron chi connectivity index (χ3n) is 5.07. The lowest BCUT2D eigenvalue weighted by atomic mass is 9.98. The van der Waals surface area contributed by atoms with E-state index < -0.39 is 5.97 Å². The van der Waals surface area contributed by atoms with Crippen LogP contribution >= 0.6 is 11.6 Å². The topological polar surface area (TPSA) is 86.5 Å². The number of aliphatic carboxylic acids is 1. The van der Waals surface area contributed by atoms with Crippen molar-refractivity contribution in [2.75, 3.05) is 13.2 Å². The zero-order valence-corrected chi connectivity index (χ0v) is 19.1. The maximum absolute atomic E-state index is 11.0. The summed E-state index contributed by atoms with van der Waals surface area (Å²) in [7, 11) is 0. The van der Waals surface area contributed by atoms with Crippen LogP contribution in [0.2, 0.25) is 5.02 Å². The Hall–Kier alpha value is -3.58. The third kappa shape index (κ3) is 5.43. The third-order valence-corrected chi connectivity index (χ3v) is 5.31. The molecule has 0 fully saturated rings. The lowest BCUT2D eigenvalue weighted by molar-refractivity contribution is -0.136. The highest BCUT2D eigenvalue weighted by Gasteiger charge is 2.13. The zero-order chi connectivity index (χ0) is 23.4. The SMILES string of the molecule is CC(C)c1cc(CC(=O)O)ccc1OCCOc1ccc(Cl)cc1-n1nc2ccccc2n1. The van der Waals surface area contributed by atoms with E-state index in [1.165, 1.54) is 4.80 Å². The highest BCUT2D eigenvalue weighted by molar-refractivity contribution is 6.30. The summed E-state index contributed by atoms with van der Waals surface area (Å²) < 4.78 is 11.9. The van der Waals surface area contributed by atoms with E-state index in [0.717, 1.165) is 27.9 Å². The number of benzene rings is 3. The van der Waals surface area contributed by atoms with E-state index >= 15 is 0 Å². The van der Waals surface area contributed by atoms with Gasteiger partial charge in [0.25, 0.3) is 0 Å². The Kier molecular flexibility index (Phi) is 6.79. The predicted molar refractivity (Wildman–Crippen MR) is 127 cm³/mol. The quantitative estimate of drug-likeness (QED) is 0.338. The summed E-state index contributed by atoms with van der Waals surface area (Å²) in [6, 6.07) is 18.4. The number of halogens is 1. The molecule has 0 atom stereocenters. The second-order valence-electron chi connectivity index (χ2n) is 7.88. The van der Waals surface area contributed by atoms with E-state index in [2.05, 4.69) is 10.2 Å². The van der Waals surface area contributed by atoms with Crippen molar-refractivity contribution in [3.63, 3.8) is 0 Å². The first-order valence-electron chi connectivity index (χ1n) is 10.6. The molecule has 170 valence electrons. The van der Waals surface area contributed by atoms with Crippen LogP contribution in [0.1, 0.15) is 30.9 Å². The van der Waals surface area contributed by atoms with Crippen LogP contribution in [0.5, 0.6) is 11.5 Å². The molecule has 0 spiro atoms. The maximum atomic E-state index is 11.0. The lowest BCUT2D eigenvalue weighted by Gasteiger charge is -2.16. The van der Waals surface area contributed by atoms with Gasteiger partial charge in [0.05, 0.1) is 6.42 Å². The van der Waals surface area contributed by atoms with Gasteiger partial charge in [-0.15, -0.1) is 15.0 Å². The smallest absolute Gasteiger partial charge is 0.307 e. The van der Waals surface area contributed by atoms with Crippen molar-refractivity contribution in [1.29, 1.82) is 0 Å². The van der Waals surface area contributed by atoms with Crippen LogP contribution in [0, 0.1) is 0 Å². The van der Waals surface area contributed by atoms with E-state index in [1.54, 1.807) is 24.3 Å². The molecule has 3 aromatic carbocycles. The minimum absolute atomic E-state index is 0.0150. The Labute approximate surface area is 196 Å². The predicted octanol–water partition coefficient (Wildman–Crippen LogP) is 5.28. The van der Waals surface area contributed by atoms with Gasteiger partial charge in [0.1, 0.15) is 41.4 Å². The van der Waals surface area contributed by atoms with E-state index in [1.807, 2.05) is 50.2 Å². The summed E-state index contributed by atoms with van der Waals surface area (Å²) in [5.41, 5.74) is 3.91. The number of rotatable bonds is 9. The van der Waals surface area contributed by atoms with Gasteiger partial charge in [-0.25, -0.2) is 0 Å². The molecule has 0 radical (unpaired) electrons. The highest BCUT2D eigenvalue weighted by atomic mass is 35.5. The van der Waals surface area contributed by atoms with Crippen molar-refractivity contribution in [3.05, 3.63) is 76.8 Å². The van der Waals surface area contributed by atoms with Gasteiger partial charge in [-0.05, 0) is 53.4 Å². The van der Waals surface area contributed by atoms with Gasteiger partial charge in [-0.3, -0.25) is 4.79 Å². The first kappa shape index (κ1) is 22.6. The van der Waals surface area contributed by atoms with Crippen LogP contribution in [-0.4, -0.2) is 39.3 Å². The average molecular weight is 466 g/mol. The lowest BCUT2D eigenvalue weighted by Crippen LogP contribution is -2.12. The van der Waals surface area contributed by atoms with E-state index in [4.69, 9.17) is 26.2 Å². The molecule has 4 aromatic rings. The minimum Gasteiger partial charge on any atom is -0.490 e. The van der Waals surface area contributed by atoms with Crippen LogP contribution in [-0.2, 0) is 11.2 Å². The summed E-state index contributed by atoms with van der Waals surface area (Å²) in [5.74, 6) is 0.644. The Balaban J connectivity index is 1.46. The minimum atomic E-state index is -0.856. The molecule has 33 heavy (non-hydrogen) atoms. The fourth-order valence-electron chi connectivity index (χ4n) is 3.50. The molecule has 0 amide bonds. The van der Waals surface area contributed by atoms with Crippen LogP contribution in [0.25, 0.3) is 16.7 Å². The van der Waals surface area contributed by atoms with Crippen LogP contribution in [0.4, 0.5) is 0 Å². The molecule has 4 rings (SSSR count). The number of nitrogens with zero attached hydrogens (tertiary/aromatic N) is 3. The molecule has 0 unspecified atom stereocenters. The van der Waals surface area contributed by atoms with Gasteiger partial charge in [0, 0.05) is 5.02 Å². The van der Waals surface area contributed by atoms with Crippen molar-refractivity contribution in [2.24, 2.45) is 0 Å². The van der Waals surface area contributed by atoms with Crippen molar-refractivity contribution in [1.82, 2.24) is 15.0 Å². The Morgan fingerprint density at radius 3 is 2.24 bits per heavy atom. The maximum Gasteiger partial charge on any atom is 0.307 e. The van der Waals surface area contributed by atoms with Gasteiger partial charge in [-0.2, -0.15) is 0 Å². The molecule has 7 nitrogen and oxygen atoms in total. The van der Waals surface area contributed by atoms with Crippen molar-refractivity contribution < 1.29 is 19.4 Å². The molecule has 0 aliphatic rings. The summed E-state index contributed by atoms with van der Waals surface area (Å²) >= 11 is 6.21. The summed E-state index contributed by atoms with van der Waals surface area (Å²) in [4.78, 5) is 12.5. The largest absolute Gasteiger partial charge is 0.490 e. The molecule has 0 aliphatic carbocycles. The van der Waals surface area contributed by atoms with Gasteiger partial charge < -0.3 is 14.6 Å². The van der Waals surface area contributed by atoms with E-state index in [0.29, 0.717) is 29.7 Å². The number of aromatic nitrogens is 3. The Morgan fingerprint density at radius 1 is 0.970 bits per heavy atom. The second-order valence-corrected chi connectivity index (χ2v) is 8.32. The van der Waals surface area contributed by atoms with Gasteiger partial charge in [0.2, 0.25) is 0 Å². The molecule has 0 bridgehead atoms. The van der Waals surface area contributed by atoms with Gasteiger partial charge >= 0.3 is 5.97 Å². The number of carboxylic acids is 1. The van der Waals surface area contributed by atoms with E-state index in [9.17, 15) is 4.79 Å². The van der Waals surface area contributed by atoms with E-state index in [-0.39, 0.29) is 12.3 Å². The molecule has 1 heterocycles. The molecule has 0 saturated heterocycles. The number of hydrogen-bond donors (Lipinski definition) is 1. The summed E-state index contributed by atoms with van der Waals surface area (Å²) in [6.07, 6.45) is -0.0150. The molecule has 0 saturated carbocycles. The summed E-state index contributed by atoms with van der Waals surface area (Å²) in [5, 5.41) is 18.6. The molecule has 1 N–H and O–H groups in total. The van der Waals surface area contributed by atoms with Crippen molar-refractivity contribution in [3.8, 4) is 17.2 Å². The molecule has 1 aromatic heterocycles. The first-order chi connectivity index (χ1) is 15.9. The molecule has 0 aliphatic heterocycles. The number of carboxylic acid groups (broad SMARTS) is 1. The van der Waals surface area contributed by atoms with Crippen LogP contribution in [0.3, 0.4) is 0 Å². The molecular weight excluding hydrogens is 442 g/mol. The normalized spacial score (nSPS) is 11.2. The number of carbonyl (C=O) groups is 1.